The molecule has 16 heavy (non-hydrogen) atoms. The van der Waals surface area contributed by atoms with Crippen molar-refractivity contribution in [1.82, 2.24) is 19.9 Å². The number of rotatable bonds is 0. The van der Waals surface area contributed by atoms with E-state index in [1.165, 1.54) is 9.97 Å². The molecule has 2 heterocycles. The molecule has 2 rings (SSSR count). The van der Waals surface area contributed by atoms with E-state index in [1.54, 1.807) is 0 Å². The Morgan fingerprint density at radius 3 is 1.00 bits per heavy atom. The molecular formula is C6H2F6N4. The van der Waals surface area contributed by atoms with Gasteiger partial charge in [-0.3, -0.25) is 9.97 Å². The van der Waals surface area contributed by atoms with Crippen LogP contribution in [-0.2, 0) is 0 Å². The van der Waals surface area contributed by atoms with Crippen LogP contribution in [0, 0.1) is 35.9 Å². The van der Waals surface area contributed by atoms with Crippen LogP contribution in [0.15, 0.2) is 0 Å². The quantitative estimate of drug-likeness (QED) is 0.692. The molecule has 2 aromatic heterocycles. The molecule has 0 aliphatic heterocycles. The summed E-state index contributed by atoms with van der Waals surface area (Å²) in [5.41, 5.74) is 0. The van der Waals surface area contributed by atoms with E-state index in [1.807, 2.05) is 0 Å². The number of nitrogens with zero attached hydrogens (tertiary/aromatic N) is 2. The summed E-state index contributed by atoms with van der Waals surface area (Å²) in [7, 11) is 0. The van der Waals surface area contributed by atoms with Crippen LogP contribution in [-0.4, -0.2) is 19.9 Å². The van der Waals surface area contributed by atoms with Crippen molar-refractivity contribution in [2.45, 2.75) is 0 Å². The van der Waals surface area contributed by atoms with Crippen molar-refractivity contribution in [2.24, 2.45) is 0 Å². The van der Waals surface area contributed by atoms with E-state index in [-0.39, 0.29) is 0 Å². The lowest BCUT2D eigenvalue weighted by Gasteiger charge is -1.69. The average Bonchev–Trinajstić information content (AvgIpc) is 2.58. The summed E-state index contributed by atoms with van der Waals surface area (Å²) in [5.74, 6) is -5.63. The number of nitrogens with one attached hydrogen (secondary N) is 2. The number of aromatic nitrogens is 4. The third-order valence-corrected chi connectivity index (χ3v) is 1.18. The minimum atomic E-state index is -1.44. The van der Waals surface area contributed by atoms with Crippen LogP contribution in [0.3, 0.4) is 0 Å². The zero-order valence-electron chi connectivity index (χ0n) is 7.16. The first kappa shape index (κ1) is 12.1. The lowest BCUT2D eigenvalue weighted by molar-refractivity contribution is 0.475. The Kier molecular flexibility index (Phi) is 3.53. The van der Waals surface area contributed by atoms with E-state index in [0.717, 1.165) is 0 Å². The number of hydrogen-bond donors (Lipinski definition) is 2. The topological polar surface area (TPSA) is 57.4 Å². The molecule has 0 amide bonds. The van der Waals surface area contributed by atoms with Crippen LogP contribution in [0.4, 0.5) is 26.3 Å². The van der Waals surface area contributed by atoms with Gasteiger partial charge in [0, 0.05) is 0 Å². The fourth-order valence-electron chi connectivity index (χ4n) is 0.611. The van der Waals surface area contributed by atoms with Crippen LogP contribution >= 0.6 is 0 Å². The smallest absolute Gasteiger partial charge is 0.288 e. The van der Waals surface area contributed by atoms with Crippen molar-refractivity contribution in [3.8, 4) is 0 Å². The number of H-pyrrole nitrogens is 2. The lowest BCUT2D eigenvalue weighted by atomic mass is 10.9. The molecule has 0 saturated heterocycles. The van der Waals surface area contributed by atoms with Gasteiger partial charge in [0.1, 0.15) is 0 Å². The second-order valence-corrected chi connectivity index (χ2v) is 2.26. The Morgan fingerprint density at radius 2 is 0.938 bits per heavy atom. The standard InChI is InChI=1S/2C3HF3N2/c2*4-1-2(5)8-3(6)7-1/h2*(H,7,8). The molecular weight excluding hydrogens is 242 g/mol. The highest BCUT2D eigenvalue weighted by Crippen LogP contribution is 1.99. The average molecular weight is 244 g/mol. The number of halogens is 6. The summed E-state index contributed by atoms with van der Waals surface area (Å²) in [4.78, 5) is 7.67. The molecule has 2 aromatic rings. The maximum Gasteiger partial charge on any atom is 0.291 e. The van der Waals surface area contributed by atoms with E-state index in [9.17, 15) is 26.3 Å². The molecule has 0 bridgehead atoms. The Hall–Kier alpha value is -2.00. The van der Waals surface area contributed by atoms with Gasteiger partial charge >= 0.3 is 0 Å². The molecule has 0 aliphatic carbocycles. The maximum absolute atomic E-state index is 11.6. The second kappa shape index (κ2) is 4.68. The summed E-state index contributed by atoms with van der Waals surface area (Å²) in [6, 6.07) is 0. The molecule has 2 N–H and O–H groups in total. The zero-order chi connectivity index (χ0) is 12.3. The van der Waals surface area contributed by atoms with Gasteiger partial charge in [0.2, 0.25) is 11.9 Å². The minimum Gasteiger partial charge on any atom is -0.288 e. The third-order valence-electron chi connectivity index (χ3n) is 1.18. The van der Waals surface area contributed by atoms with Crippen LogP contribution in [0.5, 0.6) is 0 Å². The molecule has 10 heteroatoms. The van der Waals surface area contributed by atoms with E-state index in [0.29, 0.717) is 0 Å². The van der Waals surface area contributed by atoms with E-state index in [4.69, 9.17) is 0 Å². The maximum atomic E-state index is 11.6. The summed E-state index contributed by atoms with van der Waals surface area (Å²) >= 11 is 0. The summed E-state index contributed by atoms with van der Waals surface area (Å²) in [6.07, 6.45) is -2.50. The van der Waals surface area contributed by atoms with Gasteiger partial charge in [-0.25, -0.2) is 0 Å². The predicted molar refractivity (Wildman–Crippen MR) is 36.9 cm³/mol. The Morgan fingerprint density at radius 1 is 0.625 bits per heavy atom. The molecule has 0 aromatic carbocycles. The molecule has 88 valence electrons. The van der Waals surface area contributed by atoms with Crippen molar-refractivity contribution >= 4 is 0 Å². The van der Waals surface area contributed by atoms with E-state index < -0.39 is 35.9 Å². The summed E-state index contributed by atoms with van der Waals surface area (Å²) in [6.45, 7) is 0. The van der Waals surface area contributed by atoms with Gasteiger partial charge in [0.15, 0.2) is 0 Å². The van der Waals surface area contributed by atoms with E-state index >= 15 is 0 Å². The van der Waals surface area contributed by atoms with Gasteiger partial charge in [-0.05, 0) is 0 Å². The van der Waals surface area contributed by atoms with Crippen molar-refractivity contribution < 1.29 is 26.3 Å². The predicted octanol–water partition coefficient (Wildman–Crippen LogP) is 1.65. The normalized spacial score (nSPS) is 9.88. The number of aromatic amines is 2. The van der Waals surface area contributed by atoms with Crippen LogP contribution in [0.1, 0.15) is 0 Å². The van der Waals surface area contributed by atoms with Crippen LogP contribution in [0.25, 0.3) is 0 Å². The molecule has 0 spiro atoms. The summed E-state index contributed by atoms with van der Waals surface area (Å²) in [5, 5.41) is 0. The number of imidazole rings is 2. The van der Waals surface area contributed by atoms with Crippen LogP contribution < -0.4 is 0 Å². The monoisotopic (exact) mass is 244 g/mol. The molecule has 0 unspecified atom stereocenters. The van der Waals surface area contributed by atoms with Crippen molar-refractivity contribution in [3.05, 3.63) is 35.9 Å². The minimum absolute atomic E-state index is 1.25. The first-order chi connectivity index (χ1) is 7.40. The highest BCUT2D eigenvalue weighted by atomic mass is 19.2. The third kappa shape index (κ3) is 3.00. The first-order valence-corrected chi connectivity index (χ1v) is 3.53. The Balaban J connectivity index is 0.000000160. The molecule has 0 radical (unpaired) electrons. The first-order valence-electron chi connectivity index (χ1n) is 3.53. The highest BCUT2D eigenvalue weighted by Gasteiger charge is 2.06. The largest absolute Gasteiger partial charge is 0.291 e. The molecule has 0 fully saturated rings. The van der Waals surface area contributed by atoms with Gasteiger partial charge in [-0.15, -0.1) is 0 Å². The molecule has 0 saturated carbocycles. The zero-order valence-corrected chi connectivity index (χ0v) is 7.16. The SMILES string of the molecule is Fc1nc(F)c(F)[nH]1.Fc1nc(F)c(F)[nH]1. The van der Waals surface area contributed by atoms with Gasteiger partial charge in [0.05, 0.1) is 0 Å². The number of hydrogen-bond acceptors (Lipinski definition) is 2. The Bertz CT molecular complexity index is 394. The van der Waals surface area contributed by atoms with Gasteiger partial charge in [0.25, 0.3) is 24.1 Å². The van der Waals surface area contributed by atoms with Crippen molar-refractivity contribution in [2.75, 3.05) is 0 Å². The van der Waals surface area contributed by atoms with Crippen molar-refractivity contribution in [3.63, 3.8) is 0 Å². The highest BCUT2D eigenvalue weighted by molar-refractivity contribution is 4.79. The molecule has 0 atom stereocenters. The summed E-state index contributed by atoms with van der Waals surface area (Å²) < 4.78 is 69.5. The fraction of sp³-hybridized carbons (Fsp3) is 0. The van der Waals surface area contributed by atoms with E-state index in [2.05, 4.69) is 9.97 Å². The second-order valence-electron chi connectivity index (χ2n) is 2.26. The lowest BCUT2D eigenvalue weighted by Crippen LogP contribution is -1.75. The van der Waals surface area contributed by atoms with Crippen LogP contribution in [0.2, 0.25) is 0 Å². The molecule has 4 nitrogen and oxygen atoms in total. The van der Waals surface area contributed by atoms with Gasteiger partial charge < -0.3 is 0 Å². The van der Waals surface area contributed by atoms with Crippen molar-refractivity contribution in [1.29, 1.82) is 0 Å². The van der Waals surface area contributed by atoms with Gasteiger partial charge in [-0.2, -0.15) is 36.3 Å². The van der Waals surface area contributed by atoms with Gasteiger partial charge in [-0.1, -0.05) is 0 Å². The Labute approximate surface area is 83.3 Å². The fourth-order valence-corrected chi connectivity index (χ4v) is 0.611. The molecule has 0 aliphatic rings.